The molecular weight excluding hydrogens is 274 g/mol. The maximum Gasteiger partial charge on any atom is 0.0638 e. The molecule has 0 unspecified atom stereocenters. The van der Waals surface area contributed by atoms with Crippen LogP contribution in [0.5, 0.6) is 0 Å². The molecule has 1 rings (SSSR count). The summed E-state index contributed by atoms with van der Waals surface area (Å²) in [4.78, 5) is 7.27. The van der Waals surface area contributed by atoms with Crippen molar-refractivity contribution < 1.29 is 4.74 Å². The van der Waals surface area contributed by atoms with Gasteiger partial charge in [0, 0.05) is 37.8 Å². The van der Waals surface area contributed by atoms with Crippen LogP contribution in [0.4, 0.5) is 0 Å². The van der Waals surface area contributed by atoms with Crippen LogP contribution in [0, 0.1) is 0 Å². The molecule has 0 aromatic carbocycles. The van der Waals surface area contributed by atoms with E-state index < -0.39 is 0 Å². The van der Waals surface area contributed by atoms with Crippen LogP contribution in [0.3, 0.4) is 0 Å². The van der Waals surface area contributed by atoms with Crippen LogP contribution in [-0.2, 0) is 4.74 Å². The molecular formula is C18H39N3O. The number of ether oxygens (including phenoxy) is 1. The Morgan fingerprint density at radius 1 is 1.00 bits per heavy atom. The highest BCUT2D eigenvalue weighted by Crippen LogP contribution is 2.24. The molecule has 0 aromatic heterocycles. The first-order valence-electron chi connectivity index (χ1n) is 8.75. The Morgan fingerprint density at radius 2 is 1.59 bits per heavy atom. The summed E-state index contributed by atoms with van der Waals surface area (Å²) in [5.74, 6) is 0. The monoisotopic (exact) mass is 313 g/mol. The third-order valence-electron chi connectivity index (χ3n) is 4.74. The molecule has 0 bridgehead atoms. The van der Waals surface area contributed by atoms with E-state index in [0.29, 0.717) is 11.6 Å². The average molecular weight is 314 g/mol. The van der Waals surface area contributed by atoms with Crippen LogP contribution in [0.2, 0.25) is 0 Å². The molecule has 0 aliphatic carbocycles. The third-order valence-corrected chi connectivity index (χ3v) is 4.74. The van der Waals surface area contributed by atoms with Gasteiger partial charge >= 0.3 is 0 Å². The number of hydrogen-bond donors (Lipinski definition) is 0. The highest BCUT2D eigenvalue weighted by molar-refractivity contribution is 4.93. The van der Waals surface area contributed by atoms with E-state index in [1.54, 1.807) is 0 Å². The summed E-state index contributed by atoms with van der Waals surface area (Å²) in [7, 11) is 6.48. The molecule has 4 heteroatoms. The van der Waals surface area contributed by atoms with Gasteiger partial charge in [-0.1, -0.05) is 0 Å². The fourth-order valence-electron chi connectivity index (χ4n) is 2.71. The van der Waals surface area contributed by atoms with Gasteiger partial charge in [-0.25, -0.2) is 0 Å². The molecule has 4 nitrogen and oxygen atoms in total. The Hall–Kier alpha value is -0.160. The van der Waals surface area contributed by atoms with E-state index in [-0.39, 0.29) is 5.60 Å². The fraction of sp³-hybridized carbons (Fsp3) is 1.00. The summed E-state index contributed by atoms with van der Waals surface area (Å²) in [5.41, 5.74) is 0.292. The second-order valence-electron chi connectivity index (χ2n) is 8.73. The van der Waals surface area contributed by atoms with E-state index in [9.17, 15) is 0 Å². The molecule has 1 aliphatic heterocycles. The first-order valence-corrected chi connectivity index (χ1v) is 8.75. The van der Waals surface area contributed by atoms with Gasteiger partial charge in [-0.05, 0) is 75.1 Å². The molecule has 0 amide bonds. The zero-order valence-corrected chi connectivity index (χ0v) is 16.3. The van der Waals surface area contributed by atoms with E-state index >= 15 is 0 Å². The first-order chi connectivity index (χ1) is 10.0. The molecule has 0 N–H and O–H groups in total. The Bertz CT molecular complexity index is 317. The lowest BCUT2D eigenvalue weighted by atomic mass is 9.96. The van der Waals surface area contributed by atoms with Crippen LogP contribution < -0.4 is 0 Å². The summed E-state index contributed by atoms with van der Waals surface area (Å²) in [5, 5.41) is 0. The van der Waals surface area contributed by atoms with E-state index in [4.69, 9.17) is 4.74 Å². The van der Waals surface area contributed by atoms with Crippen molar-refractivity contribution in [3.8, 4) is 0 Å². The maximum atomic E-state index is 6.07. The second kappa shape index (κ2) is 8.09. The molecule has 132 valence electrons. The van der Waals surface area contributed by atoms with Crippen molar-refractivity contribution in [2.45, 2.75) is 64.6 Å². The van der Waals surface area contributed by atoms with Crippen LogP contribution in [0.15, 0.2) is 0 Å². The molecule has 22 heavy (non-hydrogen) atoms. The van der Waals surface area contributed by atoms with Crippen LogP contribution in [-0.4, -0.2) is 85.8 Å². The van der Waals surface area contributed by atoms with E-state index in [1.807, 2.05) is 0 Å². The van der Waals surface area contributed by atoms with Gasteiger partial charge in [0.15, 0.2) is 0 Å². The van der Waals surface area contributed by atoms with Gasteiger partial charge in [0.05, 0.1) is 5.60 Å². The van der Waals surface area contributed by atoms with Crippen LogP contribution in [0.25, 0.3) is 0 Å². The van der Waals surface area contributed by atoms with Gasteiger partial charge in [-0.3, -0.25) is 4.90 Å². The number of hydrogen-bond acceptors (Lipinski definition) is 4. The van der Waals surface area contributed by atoms with Crippen molar-refractivity contribution in [1.29, 1.82) is 0 Å². The van der Waals surface area contributed by atoms with Crippen LogP contribution in [0.1, 0.15) is 47.5 Å². The zero-order chi connectivity index (χ0) is 17.0. The zero-order valence-electron chi connectivity index (χ0n) is 16.3. The summed E-state index contributed by atoms with van der Waals surface area (Å²) in [6, 6.07) is 0.712. The van der Waals surface area contributed by atoms with Crippen molar-refractivity contribution >= 4 is 0 Å². The molecule has 0 aromatic rings. The lowest BCUT2D eigenvalue weighted by Gasteiger charge is -2.51. The van der Waals surface area contributed by atoms with Gasteiger partial charge in [-0.2, -0.15) is 0 Å². The molecule has 0 spiro atoms. The minimum Gasteiger partial charge on any atom is -0.375 e. The quantitative estimate of drug-likeness (QED) is 0.609. The molecule has 0 radical (unpaired) electrons. The molecule has 1 saturated heterocycles. The number of likely N-dealkylation sites (N-methyl/N-ethyl adjacent to an activating group) is 1. The highest BCUT2D eigenvalue weighted by atomic mass is 16.5. The lowest BCUT2D eigenvalue weighted by molar-refractivity contribution is -0.0470. The SMILES string of the molecule is CN(C)CCCOC(C)(C)CCN(C)C1CN(C(C)(C)C)C1. The topological polar surface area (TPSA) is 19.0 Å². The molecule has 0 atom stereocenters. The molecule has 1 heterocycles. The predicted octanol–water partition coefficient (Wildman–Crippen LogP) is 2.54. The highest BCUT2D eigenvalue weighted by Gasteiger charge is 2.36. The largest absolute Gasteiger partial charge is 0.375 e. The maximum absolute atomic E-state index is 6.07. The second-order valence-corrected chi connectivity index (χ2v) is 8.73. The van der Waals surface area contributed by atoms with Crippen molar-refractivity contribution in [2.24, 2.45) is 0 Å². The lowest BCUT2D eigenvalue weighted by Crippen LogP contribution is -2.64. The fourth-order valence-corrected chi connectivity index (χ4v) is 2.71. The molecule has 1 fully saturated rings. The average Bonchev–Trinajstić information content (AvgIpc) is 2.28. The Balaban J connectivity index is 2.19. The number of nitrogens with zero attached hydrogens (tertiary/aromatic N) is 3. The Kier molecular flexibility index (Phi) is 7.31. The van der Waals surface area contributed by atoms with Crippen molar-refractivity contribution in [3.05, 3.63) is 0 Å². The predicted molar refractivity (Wildman–Crippen MR) is 95.6 cm³/mol. The summed E-state index contributed by atoms with van der Waals surface area (Å²) >= 11 is 0. The minimum atomic E-state index is -0.0198. The van der Waals surface area contributed by atoms with Crippen molar-refractivity contribution in [2.75, 3.05) is 53.9 Å². The van der Waals surface area contributed by atoms with E-state index in [2.05, 4.69) is 70.5 Å². The smallest absolute Gasteiger partial charge is 0.0638 e. The third kappa shape index (κ3) is 6.95. The Morgan fingerprint density at radius 3 is 2.09 bits per heavy atom. The summed E-state index contributed by atoms with van der Waals surface area (Å²) < 4.78 is 6.07. The molecule has 0 saturated carbocycles. The van der Waals surface area contributed by atoms with Gasteiger partial charge in [0.2, 0.25) is 0 Å². The standard InChI is InChI=1S/C18H39N3O/c1-17(2,3)21-14-16(15-21)20(8)12-10-18(4,5)22-13-9-11-19(6)7/h16H,9-15H2,1-8H3. The van der Waals surface area contributed by atoms with E-state index in [1.165, 1.54) is 13.1 Å². The van der Waals surface area contributed by atoms with E-state index in [0.717, 1.165) is 32.5 Å². The van der Waals surface area contributed by atoms with Gasteiger partial charge in [-0.15, -0.1) is 0 Å². The van der Waals surface area contributed by atoms with Crippen molar-refractivity contribution in [1.82, 2.24) is 14.7 Å². The van der Waals surface area contributed by atoms with Crippen molar-refractivity contribution in [3.63, 3.8) is 0 Å². The molecule has 1 aliphatic rings. The number of rotatable bonds is 9. The van der Waals surface area contributed by atoms with Crippen LogP contribution >= 0.6 is 0 Å². The van der Waals surface area contributed by atoms with Gasteiger partial charge in [0.25, 0.3) is 0 Å². The number of likely N-dealkylation sites (tertiary alicyclic amines) is 1. The Labute approximate surface area is 138 Å². The van der Waals surface area contributed by atoms with Gasteiger partial charge < -0.3 is 14.5 Å². The summed E-state index contributed by atoms with van der Waals surface area (Å²) in [6.07, 6.45) is 2.20. The van der Waals surface area contributed by atoms with Gasteiger partial charge in [0.1, 0.15) is 0 Å². The first kappa shape index (κ1) is 19.9. The summed E-state index contributed by atoms with van der Waals surface area (Å²) in [6.45, 7) is 16.8. The normalized spacial score (nSPS) is 18.3. The minimum absolute atomic E-state index is 0.0198.